The lowest BCUT2D eigenvalue weighted by Crippen LogP contribution is -2.24. The number of rotatable bonds is 7. The molecular weight excluding hydrogens is 338 g/mol. The van der Waals surface area contributed by atoms with Crippen molar-refractivity contribution in [2.45, 2.75) is 39.5 Å². The monoisotopic (exact) mass is 363 g/mol. The molecule has 1 aromatic carbocycles. The van der Waals surface area contributed by atoms with E-state index in [0.29, 0.717) is 6.04 Å². The Bertz CT molecular complexity index is 1010. The number of hydrogen-bond acceptors (Lipinski definition) is 4. The van der Waals surface area contributed by atoms with Crippen LogP contribution in [-0.4, -0.2) is 34.0 Å². The molecule has 0 saturated carbocycles. The average molecular weight is 363 g/mol. The number of fused-ring (bicyclic) bond motifs is 1. The molecule has 0 spiro atoms. The Labute approximate surface area is 158 Å². The minimum atomic E-state index is 0.386. The summed E-state index contributed by atoms with van der Waals surface area (Å²) in [6.45, 7) is 6.66. The summed E-state index contributed by atoms with van der Waals surface area (Å²) in [5.74, 6) is 1.99. The van der Waals surface area contributed by atoms with Crippen LogP contribution in [0.3, 0.4) is 0 Å². The van der Waals surface area contributed by atoms with Crippen LogP contribution in [0.2, 0.25) is 0 Å². The van der Waals surface area contributed by atoms with Gasteiger partial charge in [-0.25, -0.2) is 15.0 Å². The summed E-state index contributed by atoms with van der Waals surface area (Å²) in [7, 11) is 2.03. The molecule has 3 heterocycles. The first-order chi connectivity index (χ1) is 13.1. The largest absolute Gasteiger partial charge is 0.348 e. The molecule has 0 aliphatic rings. The van der Waals surface area contributed by atoms with Crippen LogP contribution in [-0.2, 0) is 26.7 Å². The summed E-state index contributed by atoms with van der Waals surface area (Å²) in [6, 6.07) is 6.90. The van der Waals surface area contributed by atoms with Gasteiger partial charge in [-0.3, -0.25) is 4.90 Å². The van der Waals surface area contributed by atoms with E-state index in [1.165, 1.54) is 11.1 Å². The maximum Gasteiger partial charge on any atom is 0.122 e. The van der Waals surface area contributed by atoms with Gasteiger partial charge >= 0.3 is 0 Å². The maximum atomic E-state index is 4.51. The third kappa shape index (κ3) is 3.78. The minimum Gasteiger partial charge on any atom is -0.348 e. The first-order valence-electron chi connectivity index (χ1n) is 9.22. The molecule has 7 nitrogen and oxygen atoms in total. The highest BCUT2D eigenvalue weighted by Gasteiger charge is 2.14. The fraction of sp³-hybridized carbons (Fsp3) is 0.350. The van der Waals surface area contributed by atoms with Gasteiger partial charge < -0.3 is 14.1 Å². The Kier molecular flexibility index (Phi) is 4.77. The second-order valence-electron chi connectivity index (χ2n) is 7.20. The van der Waals surface area contributed by atoms with E-state index in [9.17, 15) is 0 Å². The predicted octanol–water partition coefficient (Wildman–Crippen LogP) is 3.28. The van der Waals surface area contributed by atoms with Gasteiger partial charge in [-0.05, 0) is 31.5 Å². The van der Waals surface area contributed by atoms with Crippen molar-refractivity contribution < 1.29 is 0 Å². The van der Waals surface area contributed by atoms with Crippen LogP contribution >= 0.6 is 0 Å². The lowest BCUT2D eigenvalue weighted by molar-refractivity contribution is 0.233. The van der Waals surface area contributed by atoms with Crippen LogP contribution in [0.1, 0.15) is 37.1 Å². The summed E-state index contributed by atoms with van der Waals surface area (Å²) in [6.07, 6.45) is 9.40. The third-order valence-electron chi connectivity index (χ3n) is 4.82. The molecule has 0 atom stereocenters. The van der Waals surface area contributed by atoms with Crippen molar-refractivity contribution in [3.05, 3.63) is 66.5 Å². The summed E-state index contributed by atoms with van der Waals surface area (Å²) in [5, 5.41) is 0. The number of H-pyrrole nitrogens is 1. The van der Waals surface area contributed by atoms with Gasteiger partial charge in [0.05, 0.1) is 30.5 Å². The minimum absolute atomic E-state index is 0.386. The number of nitrogens with zero attached hydrogens (tertiary/aromatic N) is 6. The molecular formula is C20H25N7. The van der Waals surface area contributed by atoms with Crippen molar-refractivity contribution in [2.24, 2.45) is 7.05 Å². The Hall–Kier alpha value is -2.93. The highest BCUT2D eigenvalue weighted by molar-refractivity contribution is 5.76. The van der Waals surface area contributed by atoms with Gasteiger partial charge in [-0.1, -0.05) is 6.07 Å². The van der Waals surface area contributed by atoms with Crippen molar-refractivity contribution >= 4 is 11.0 Å². The Morgan fingerprint density at radius 2 is 1.96 bits per heavy atom. The fourth-order valence-electron chi connectivity index (χ4n) is 3.35. The molecule has 0 amide bonds. The van der Waals surface area contributed by atoms with Crippen molar-refractivity contribution in [1.29, 1.82) is 0 Å². The van der Waals surface area contributed by atoms with Crippen LogP contribution in [0.25, 0.3) is 11.0 Å². The highest BCUT2D eigenvalue weighted by Crippen LogP contribution is 2.20. The summed E-state index contributed by atoms with van der Waals surface area (Å²) < 4.78 is 4.28. The second kappa shape index (κ2) is 7.36. The highest BCUT2D eigenvalue weighted by atomic mass is 15.2. The van der Waals surface area contributed by atoms with Crippen LogP contribution in [0, 0.1) is 0 Å². The van der Waals surface area contributed by atoms with E-state index >= 15 is 0 Å². The van der Waals surface area contributed by atoms with Gasteiger partial charge in [-0.15, -0.1) is 0 Å². The van der Waals surface area contributed by atoms with Crippen LogP contribution in [0.5, 0.6) is 0 Å². The van der Waals surface area contributed by atoms with Crippen molar-refractivity contribution in [1.82, 2.24) is 34.0 Å². The zero-order chi connectivity index (χ0) is 18.8. The van der Waals surface area contributed by atoms with Gasteiger partial charge in [0.25, 0.3) is 0 Å². The molecule has 0 bridgehead atoms. The molecule has 7 heteroatoms. The molecule has 3 aromatic heterocycles. The normalized spacial score (nSPS) is 11.9. The molecule has 0 radical (unpaired) electrons. The van der Waals surface area contributed by atoms with Crippen molar-refractivity contribution in [3.63, 3.8) is 0 Å². The number of aromatic amines is 1. The molecule has 0 aliphatic carbocycles. The van der Waals surface area contributed by atoms with Gasteiger partial charge in [-0.2, -0.15) is 0 Å². The topological polar surface area (TPSA) is 67.6 Å². The van der Waals surface area contributed by atoms with E-state index in [-0.39, 0.29) is 0 Å². The van der Waals surface area contributed by atoms with Gasteiger partial charge in [0.1, 0.15) is 11.6 Å². The van der Waals surface area contributed by atoms with E-state index in [4.69, 9.17) is 0 Å². The van der Waals surface area contributed by atoms with Crippen LogP contribution in [0.4, 0.5) is 0 Å². The Morgan fingerprint density at radius 3 is 2.67 bits per heavy atom. The SMILES string of the molecule is CC(C)n1cnc2ccc(CN(Cc3ncc[nH]3)Cc3nccn3C)cc21. The lowest BCUT2D eigenvalue weighted by Gasteiger charge is -2.21. The lowest BCUT2D eigenvalue weighted by atomic mass is 10.1. The number of aryl methyl sites for hydroxylation is 1. The van der Waals surface area contributed by atoms with E-state index in [1.54, 1.807) is 6.20 Å². The summed E-state index contributed by atoms with van der Waals surface area (Å²) in [5.41, 5.74) is 3.47. The molecule has 4 aromatic rings. The number of aromatic nitrogens is 6. The maximum absolute atomic E-state index is 4.51. The summed E-state index contributed by atoms with van der Waals surface area (Å²) >= 11 is 0. The molecule has 140 valence electrons. The van der Waals surface area contributed by atoms with Gasteiger partial charge in [0.15, 0.2) is 0 Å². The predicted molar refractivity (Wildman–Crippen MR) is 105 cm³/mol. The van der Waals surface area contributed by atoms with Gasteiger partial charge in [0.2, 0.25) is 0 Å². The van der Waals surface area contributed by atoms with Crippen molar-refractivity contribution in [3.8, 4) is 0 Å². The zero-order valence-electron chi connectivity index (χ0n) is 16.0. The summed E-state index contributed by atoms with van der Waals surface area (Å²) in [4.78, 5) is 18.9. The second-order valence-corrected chi connectivity index (χ2v) is 7.20. The molecule has 0 unspecified atom stereocenters. The first kappa shape index (κ1) is 17.5. The molecule has 0 aliphatic heterocycles. The number of nitrogens with one attached hydrogen (secondary N) is 1. The fourth-order valence-corrected chi connectivity index (χ4v) is 3.35. The average Bonchev–Trinajstić information content (AvgIpc) is 3.36. The first-order valence-corrected chi connectivity index (χ1v) is 9.22. The van der Waals surface area contributed by atoms with Crippen LogP contribution in [0.15, 0.2) is 49.3 Å². The quantitative estimate of drug-likeness (QED) is 0.547. The Balaban J connectivity index is 1.61. The zero-order valence-corrected chi connectivity index (χ0v) is 16.0. The van der Waals surface area contributed by atoms with Crippen molar-refractivity contribution in [2.75, 3.05) is 0 Å². The molecule has 1 N–H and O–H groups in total. The van der Waals surface area contributed by atoms with E-state index in [2.05, 4.69) is 66.0 Å². The third-order valence-corrected chi connectivity index (χ3v) is 4.82. The number of benzene rings is 1. The molecule has 4 rings (SSSR count). The molecule has 0 saturated heterocycles. The van der Waals surface area contributed by atoms with E-state index < -0.39 is 0 Å². The van der Waals surface area contributed by atoms with Gasteiger partial charge in [0, 0.05) is 44.4 Å². The standard InChI is InChI=1S/C20H25N7/c1-15(2)27-14-24-17-5-4-16(10-18(17)27)11-26(12-19-21-6-7-22-19)13-20-23-8-9-25(20)3/h4-10,14-15H,11-13H2,1-3H3,(H,21,22). The number of hydrogen-bond donors (Lipinski definition) is 1. The Morgan fingerprint density at radius 1 is 1.07 bits per heavy atom. The van der Waals surface area contributed by atoms with Crippen LogP contribution < -0.4 is 0 Å². The molecule has 0 fully saturated rings. The van der Waals surface area contributed by atoms with E-state index in [1.807, 2.05) is 32.0 Å². The smallest absolute Gasteiger partial charge is 0.122 e. The van der Waals surface area contributed by atoms with E-state index in [0.717, 1.165) is 36.8 Å². The number of imidazole rings is 3. The molecule has 27 heavy (non-hydrogen) atoms.